The van der Waals surface area contributed by atoms with Crippen molar-refractivity contribution in [3.8, 4) is 0 Å². The van der Waals surface area contributed by atoms with Crippen LogP contribution in [0.1, 0.15) is 24.5 Å². The largest absolute Gasteiger partial charge is 0.264 e. The van der Waals surface area contributed by atoms with Gasteiger partial charge in [-0.2, -0.15) is 4.98 Å². The molecule has 0 saturated heterocycles. The van der Waals surface area contributed by atoms with Gasteiger partial charge in [-0.25, -0.2) is 17.8 Å². The first-order chi connectivity index (χ1) is 12.5. The van der Waals surface area contributed by atoms with Gasteiger partial charge in [-0.1, -0.05) is 49.2 Å². The van der Waals surface area contributed by atoms with E-state index in [4.69, 9.17) is 11.6 Å². The molecule has 6 nitrogen and oxygen atoms in total. The van der Waals surface area contributed by atoms with Gasteiger partial charge in [0.15, 0.2) is 0 Å². The van der Waals surface area contributed by atoms with E-state index in [0.717, 1.165) is 24.0 Å². The molecule has 0 radical (unpaired) electrons. The summed E-state index contributed by atoms with van der Waals surface area (Å²) in [5.41, 5.74) is 2.05. The van der Waals surface area contributed by atoms with Crippen LogP contribution in [0.2, 0.25) is 5.02 Å². The zero-order chi connectivity index (χ0) is 18.6. The third-order valence-corrected chi connectivity index (χ3v) is 5.35. The molecule has 0 fully saturated rings. The van der Waals surface area contributed by atoms with Crippen molar-refractivity contribution in [3.05, 3.63) is 71.0 Å². The second-order valence-corrected chi connectivity index (χ2v) is 8.01. The summed E-state index contributed by atoms with van der Waals surface area (Å²) in [6, 6.07) is 14.2. The molecular weight excluding hydrogens is 372 g/mol. The van der Waals surface area contributed by atoms with Gasteiger partial charge in [-0.05, 0) is 41.8 Å². The Morgan fingerprint density at radius 2 is 1.88 bits per heavy atom. The lowest BCUT2D eigenvalue weighted by Gasteiger charge is -2.06. The van der Waals surface area contributed by atoms with E-state index in [1.165, 1.54) is 6.33 Å². The molecule has 0 bridgehead atoms. The molecule has 0 aliphatic carbocycles. The molecule has 2 aromatic carbocycles. The van der Waals surface area contributed by atoms with Gasteiger partial charge >= 0.3 is 0 Å². The maximum absolute atomic E-state index is 12.5. The van der Waals surface area contributed by atoms with E-state index in [2.05, 4.69) is 21.7 Å². The normalized spacial score (nSPS) is 11.5. The van der Waals surface area contributed by atoms with E-state index in [0.29, 0.717) is 11.6 Å². The fraction of sp³-hybridized carbons (Fsp3) is 0.222. The Balaban J connectivity index is 1.71. The molecule has 0 atom stereocenters. The molecule has 26 heavy (non-hydrogen) atoms. The summed E-state index contributed by atoms with van der Waals surface area (Å²) in [6.45, 7) is 2.53. The minimum atomic E-state index is -3.72. The summed E-state index contributed by atoms with van der Waals surface area (Å²) in [7, 11) is -3.72. The van der Waals surface area contributed by atoms with E-state index in [-0.39, 0.29) is 10.8 Å². The SMILES string of the molecule is CCCc1ccc(S(=O)(=O)Nc2ncn(Cc3cccc(Cl)c3)n2)cc1. The smallest absolute Gasteiger partial charge is 0.246 e. The van der Waals surface area contributed by atoms with Crippen molar-refractivity contribution in [1.82, 2.24) is 14.8 Å². The predicted octanol–water partition coefficient (Wildman–Crippen LogP) is 3.73. The molecule has 3 aromatic rings. The summed E-state index contributed by atoms with van der Waals surface area (Å²) >= 11 is 5.97. The minimum Gasteiger partial charge on any atom is -0.246 e. The molecule has 0 unspecified atom stereocenters. The molecule has 8 heteroatoms. The number of halogens is 1. The summed E-state index contributed by atoms with van der Waals surface area (Å²) in [5, 5.41) is 4.80. The van der Waals surface area contributed by atoms with Crippen LogP contribution >= 0.6 is 11.6 Å². The zero-order valence-corrected chi connectivity index (χ0v) is 15.8. The summed E-state index contributed by atoms with van der Waals surface area (Å²) in [5.74, 6) is 0.0321. The first-order valence-corrected chi connectivity index (χ1v) is 10.1. The van der Waals surface area contributed by atoms with E-state index in [9.17, 15) is 8.42 Å². The number of benzene rings is 2. The topological polar surface area (TPSA) is 76.9 Å². The third-order valence-electron chi connectivity index (χ3n) is 3.77. The number of aryl methyl sites for hydroxylation is 1. The second-order valence-electron chi connectivity index (χ2n) is 5.90. The first kappa shape index (κ1) is 18.4. The number of rotatable bonds is 7. The third kappa shape index (κ3) is 4.62. The van der Waals surface area contributed by atoms with Gasteiger partial charge in [0.25, 0.3) is 16.0 Å². The molecule has 0 spiro atoms. The Bertz CT molecular complexity index is 984. The highest BCUT2D eigenvalue weighted by Gasteiger charge is 2.16. The van der Waals surface area contributed by atoms with Gasteiger partial charge in [0, 0.05) is 5.02 Å². The maximum atomic E-state index is 12.5. The van der Waals surface area contributed by atoms with Crippen molar-refractivity contribution in [3.63, 3.8) is 0 Å². The number of anilines is 1. The Kier molecular flexibility index (Phi) is 5.58. The van der Waals surface area contributed by atoms with Gasteiger partial charge in [-0.3, -0.25) is 0 Å². The van der Waals surface area contributed by atoms with Crippen LogP contribution in [0, 0.1) is 0 Å². The molecule has 0 saturated carbocycles. The first-order valence-electron chi connectivity index (χ1n) is 8.22. The van der Waals surface area contributed by atoms with E-state index >= 15 is 0 Å². The number of aromatic nitrogens is 3. The lowest BCUT2D eigenvalue weighted by molar-refractivity contribution is 0.600. The number of hydrogen-bond acceptors (Lipinski definition) is 4. The maximum Gasteiger partial charge on any atom is 0.264 e. The molecule has 0 aliphatic rings. The monoisotopic (exact) mass is 390 g/mol. The van der Waals surface area contributed by atoms with Crippen LogP contribution in [0.25, 0.3) is 0 Å². The predicted molar refractivity (Wildman–Crippen MR) is 102 cm³/mol. The number of sulfonamides is 1. The average molecular weight is 391 g/mol. The fourth-order valence-electron chi connectivity index (χ4n) is 2.54. The van der Waals surface area contributed by atoms with Crippen molar-refractivity contribution in [1.29, 1.82) is 0 Å². The summed E-state index contributed by atoms with van der Waals surface area (Å²) in [4.78, 5) is 4.20. The van der Waals surface area contributed by atoms with Gasteiger partial charge in [0.05, 0.1) is 11.4 Å². The molecule has 1 heterocycles. The Morgan fingerprint density at radius 1 is 1.12 bits per heavy atom. The molecular formula is C18H19ClN4O2S. The number of nitrogens with one attached hydrogen (secondary N) is 1. The molecule has 0 amide bonds. The summed E-state index contributed by atoms with van der Waals surface area (Å²) in [6.07, 6.45) is 3.41. The highest BCUT2D eigenvalue weighted by molar-refractivity contribution is 7.92. The second kappa shape index (κ2) is 7.88. The van der Waals surface area contributed by atoms with Crippen molar-refractivity contribution in [2.24, 2.45) is 0 Å². The lowest BCUT2D eigenvalue weighted by Crippen LogP contribution is -2.14. The van der Waals surface area contributed by atoms with Crippen LogP contribution in [0.4, 0.5) is 5.95 Å². The quantitative estimate of drug-likeness (QED) is 0.666. The lowest BCUT2D eigenvalue weighted by atomic mass is 10.1. The molecule has 1 N–H and O–H groups in total. The van der Waals surface area contributed by atoms with Crippen molar-refractivity contribution >= 4 is 27.6 Å². The van der Waals surface area contributed by atoms with Crippen LogP contribution in [0.3, 0.4) is 0 Å². The Labute approximate surface area is 157 Å². The highest BCUT2D eigenvalue weighted by atomic mass is 35.5. The van der Waals surface area contributed by atoms with Crippen LogP contribution in [0.15, 0.2) is 59.8 Å². The van der Waals surface area contributed by atoms with Gasteiger partial charge in [-0.15, -0.1) is 5.10 Å². The van der Waals surface area contributed by atoms with Gasteiger partial charge in [0.2, 0.25) is 0 Å². The standard InChI is InChI=1S/C18H19ClN4O2S/c1-2-4-14-7-9-17(10-8-14)26(24,25)22-18-20-13-23(21-18)12-15-5-3-6-16(19)11-15/h3,5-11,13H,2,4,12H2,1H3,(H,21,22). The Hall–Kier alpha value is -2.38. The number of hydrogen-bond donors (Lipinski definition) is 1. The molecule has 3 rings (SSSR count). The zero-order valence-electron chi connectivity index (χ0n) is 14.3. The van der Waals surface area contributed by atoms with E-state index in [1.807, 2.05) is 30.3 Å². The number of nitrogens with zero attached hydrogens (tertiary/aromatic N) is 3. The van der Waals surface area contributed by atoms with E-state index in [1.54, 1.807) is 22.9 Å². The van der Waals surface area contributed by atoms with Crippen LogP contribution in [0.5, 0.6) is 0 Å². The van der Waals surface area contributed by atoms with Crippen LogP contribution in [-0.4, -0.2) is 23.2 Å². The molecule has 0 aliphatic heterocycles. The average Bonchev–Trinajstić information content (AvgIpc) is 3.02. The van der Waals surface area contributed by atoms with Crippen LogP contribution in [-0.2, 0) is 23.0 Å². The fourth-order valence-corrected chi connectivity index (χ4v) is 3.70. The highest BCUT2D eigenvalue weighted by Crippen LogP contribution is 2.16. The van der Waals surface area contributed by atoms with Gasteiger partial charge < -0.3 is 0 Å². The Morgan fingerprint density at radius 3 is 2.58 bits per heavy atom. The van der Waals surface area contributed by atoms with Crippen LogP contribution < -0.4 is 4.72 Å². The molecule has 136 valence electrons. The van der Waals surface area contributed by atoms with E-state index < -0.39 is 10.0 Å². The van der Waals surface area contributed by atoms with Gasteiger partial charge in [0.1, 0.15) is 6.33 Å². The molecule has 1 aromatic heterocycles. The summed E-state index contributed by atoms with van der Waals surface area (Å²) < 4.78 is 28.9. The van der Waals surface area contributed by atoms with Crippen molar-refractivity contribution < 1.29 is 8.42 Å². The van der Waals surface area contributed by atoms with Crippen molar-refractivity contribution in [2.75, 3.05) is 4.72 Å². The van der Waals surface area contributed by atoms with Crippen molar-refractivity contribution in [2.45, 2.75) is 31.2 Å². The minimum absolute atomic E-state index is 0.0321.